The van der Waals surface area contributed by atoms with Crippen LogP contribution in [0.5, 0.6) is 11.5 Å². The van der Waals surface area contributed by atoms with Crippen molar-refractivity contribution in [2.45, 2.75) is 78.4 Å². The Hall–Kier alpha value is -4.08. The third kappa shape index (κ3) is 3.48. The van der Waals surface area contributed by atoms with Crippen LogP contribution in [0.3, 0.4) is 0 Å². The van der Waals surface area contributed by atoms with E-state index in [9.17, 15) is 19.2 Å². The second-order valence-electron chi connectivity index (χ2n) is 14.1. The molecule has 2 heterocycles. The molecule has 0 radical (unpaired) electrons. The van der Waals surface area contributed by atoms with Crippen LogP contribution in [0.15, 0.2) is 36.4 Å². The first-order chi connectivity index (χ1) is 20.5. The fourth-order valence-electron chi connectivity index (χ4n) is 7.89. The summed E-state index contributed by atoms with van der Waals surface area (Å²) in [6, 6.07) is 10.8. The molecule has 4 atom stereocenters. The van der Waals surface area contributed by atoms with Gasteiger partial charge in [-0.2, -0.15) is 0 Å². The van der Waals surface area contributed by atoms with Crippen molar-refractivity contribution >= 4 is 35.1 Å². The number of carbonyl (C=O) groups is 4. The molecule has 4 bridgehead atoms. The highest BCUT2D eigenvalue weighted by Crippen LogP contribution is 2.67. The number of nitrogens with one attached hydrogen (secondary N) is 2. The van der Waals surface area contributed by atoms with Crippen LogP contribution in [-0.2, 0) is 28.7 Å². The summed E-state index contributed by atoms with van der Waals surface area (Å²) in [6.07, 6.45) is 2.09. The van der Waals surface area contributed by atoms with E-state index in [1.54, 1.807) is 24.3 Å². The highest BCUT2D eigenvalue weighted by Gasteiger charge is 2.76. The monoisotopic (exact) mass is 604 g/mol. The van der Waals surface area contributed by atoms with Gasteiger partial charge in [0.1, 0.15) is 11.5 Å². The second kappa shape index (κ2) is 9.22. The molecule has 0 spiro atoms. The Morgan fingerprint density at radius 2 is 1.00 bits per heavy atom. The summed E-state index contributed by atoms with van der Waals surface area (Å²) in [5, 5.41) is 5.90. The molecule has 4 fully saturated rings. The SMILES string of the molecule is COc1cc(-c2ccc(NC(=O)C34CCC(C)(C(=O)O3)C4(C)C)c(OC)c2)ccc1NC(=O)C12CCC(C)(C(=O)O1)C2(C)C. The Labute approximate surface area is 257 Å². The molecule has 2 saturated heterocycles. The summed E-state index contributed by atoms with van der Waals surface area (Å²) in [5.74, 6) is -0.560. The number of benzene rings is 2. The molecule has 0 aromatic heterocycles. The Bertz CT molecular complexity index is 1510. The zero-order chi connectivity index (χ0) is 32.1. The Balaban J connectivity index is 1.24. The first kappa shape index (κ1) is 30.0. The van der Waals surface area contributed by atoms with Gasteiger partial charge in [0.15, 0.2) is 11.2 Å². The van der Waals surface area contributed by atoms with Gasteiger partial charge in [0.2, 0.25) is 0 Å². The predicted octanol–water partition coefficient (Wildman–Crippen LogP) is 5.49. The lowest BCUT2D eigenvalue weighted by Gasteiger charge is -2.35. The minimum absolute atomic E-state index is 0.339. The van der Waals surface area contributed by atoms with Gasteiger partial charge in [-0.25, -0.2) is 0 Å². The number of anilines is 2. The summed E-state index contributed by atoms with van der Waals surface area (Å²) in [6.45, 7) is 11.4. The van der Waals surface area contributed by atoms with Gasteiger partial charge in [0, 0.05) is 10.8 Å². The van der Waals surface area contributed by atoms with E-state index in [1.165, 1.54) is 14.2 Å². The number of hydrogen-bond acceptors (Lipinski definition) is 8. The third-order valence-corrected chi connectivity index (χ3v) is 12.1. The molecule has 6 rings (SSSR count). The Kier molecular flexibility index (Phi) is 6.28. The van der Waals surface area contributed by atoms with E-state index in [0.29, 0.717) is 48.6 Å². The van der Waals surface area contributed by atoms with Gasteiger partial charge in [-0.3, -0.25) is 19.2 Å². The first-order valence-electron chi connectivity index (χ1n) is 15.0. The molecule has 2 N–H and O–H groups in total. The molecule has 10 heteroatoms. The molecule has 2 amide bonds. The van der Waals surface area contributed by atoms with Crippen LogP contribution in [0.25, 0.3) is 11.1 Å². The molecule has 2 aliphatic carbocycles. The summed E-state index contributed by atoms with van der Waals surface area (Å²) >= 11 is 0. The predicted molar refractivity (Wildman–Crippen MR) is 162 cm³/mol. The van der Waals surface area contributed by atoms with Crippen LogP contribution in [-0.4, -0.2) is 49.2 Å². The lowest BCUT2D eigenvalue weighted by molar-refractivity contribution is -0.166. The van der Waals surface area contributed by atoms with Gasteiger partial charge >= 0.3 is 11.9 Å². The molecular formula is C34H40N2O8. The number of carbonyl (C=O) groups excluding carboxylic acids is 4. The Morgan fingerprint density at radius 1 is 0.636 bits per heavy atom. The molecule has 2 aliphatic heterocycles. The Morgan fingerprint density at radius 3 is 1.27 bits per heavy atom. The number of esters is 2. The van der Waals surface area contributed by atoms with Crippen molar-refractivity contribution in [3.63, 3.8) is 0 Å². The molecular weight excluding hydrogens is 564 g/mol. The zero-order valence-electron chi connectivity index (χ0n) is 26.6. The lowest BCUT2D eigenvalue weighted by atomic mass is 9.66. The maximum atomic E-state index is 13.6. The van der Waals surface area contributed by atoms with E-state index in [1.807, 2.05) is 53.7 Å². The smallest absolute Gasteiger partial charge is 0.313 e. The van der Waals surface area contributed by atoms with Crippen molar-refractivity contribution in [2.75, 3.05) is 24.9 Å². The normalized spacial score (nSPS) is 32.2. The molecule has 10 nitrogen and oxygen atoms in total. The summed E-state index contributed by atoms with van der Waals surface area (Å²) in [5.41, 5.74) is -2.79. The van der Waals surface area contributed by atoms with Gasteiger partial charge in [0.05, 0.1) is 36.4 Å². The van der Waals surface area contributed by atoms with Crippen molar-refractivity contribution < 1.29 is 38.1 Å². The highest BCUT2D eigenvalue weighted by atomic mass is 16.6. The van der Waals surface area contributed by atoms with Crippen molar-refractivity contribution in [3.05, 3.63) is 36.4 Å². The number of amides is 2. The lowest BCUT2D eigenvalue weighted by Crippen LogP contribution is -2.50. The van der Waals surface area contributed by atoms with Crippen LogP contribution in [0.1, 0.15) is 67.2 Å². The minimum atomic E-state index is -1.25. The molecule has 4 aliphatic rings. The van der Waals surface area contributed by atoms with E-state index in [0.717, 1.165) is 11.1 Å². The van der Waals surface area contributed by atoms with E-state index >= 15 is 0 Å². The van der Waals surface area contributed by atoms with Crippen molar-refractivity contribution in [3.8, 4) is 22.6 Å². The van der Waals surface area contributed by atoms with Gasteiger partial charge in [-0.15, -0.1) is 0 Å². The standard InChI is InChI=1S/C34H40N2O8/c1-29(2)31(5)13-15-33(29,43-27(31)39)25(37)35-21-11-9-19(17-23(21)41-7)20-10-12-22(24(18-20)42-8)36-26(38)34-16-14-32(6,28(40)44-34)30(34,3)4/h9-12,17-18H,13-16H2,1-8H3,(H,35,37)(H,36,38). The zero-order valence-corrected chi connectivity index (χ0v) is 26.6. The van der Waals surface area contributed by atoms with Gasteiger partial charge < -0.3 is 29.6 Å². The van der Waals surface area contributed by atoms with Crippen LogP contribution >= 0.6 is 0 Å². The number of ether oxygens (including phenoxy) is 4. The average molecular weight is 605 g/mol. The maximum absolute atomic E-state index is 13.6. The molecule has 234 valence electrons. The van der Waals surface area contributed by atoms with E-state index in [2.05, 4.69) is 10.6 Å². The van der Waals surface area contributed by atoms with Crippen molar-refractivity contribution in [1.29, 1.82) is 0 Å². The molecule has 44 heavy (non-hydrogen) atoms. The van der Waals surface area contributed by atoms with E-state index in [-0.39, 0.29) is 23.8 Å². The fourth-order valence-corrected chi connectivity index (χ4v) is 7.89. The maximum Gasteiger partial charge on any atom is 0.313 e. The topological polar surface area (TPSA) is 129 Å². The van der Waals surface area contributed by atoms with Gasteiger partial charge in [0.25, 0.3) is 11.8 Å². The van der Waals surface area contributed by atoms with Crippen LogP contribution in [0, 0.1) is 21.7 Å². The quantitative estimate of drug-likeness (QED) is 0.397. The molecule has 4 unspecified atom stereocenters. The highest BCUT2D eigenvalue weighted by molar-refractivity contribution is 6.05. The van der Waals surface area contributed by atoms with Crippen molar-refractivity contribution in [2.24, 2.45) is 21.7 Å². The number of rotatable bonds is 7. The minimum Gasteiger partial charge on any atom is -0.495 e. The molecule has 2 aromatic rings. The summed E-state index contributed by atoms with van der Waals surface area (Å²) < 4.78 is 22.8. The first-order valence-corrected chi connectivity index (χ1v) is 15.0. The number of fused-ring (bicyclic) bond motifs is 4. The average Bonchev–Trinajstić information content (AvgIpc) is 3.45. The van der Waals surface area contributed by atoms with E-state index < -0.39 is 32.9 Å². The van der Waals surface area contributed by atoms with Crippen LogP contribution in [0.4, 0.5) is 11.4 Å². The summed E-state index contributed by atoms with van der Waals surface area (Å²) in [4.78, 5) is 52.6. The van der Waals surface area contributed by atoms with Crippen LogP contribution < -0.4 is 20.1 Å². The number of methoxy groups -OCH3 is 2. The second-order valence-corrected chi connectivity index (χ2v) is 14.1. The van der Waals surface area contributed by atoms with E-state index in [4.69, 9.17) is 18.9 Å². The van der Waals surface area contributed by atoms with Gasteiger partial charge in [-0.1, -0.05) is 39.8 Å². The van der Waals surface area contributed by atoms with Crippen molar-refractivity contribution in [1.82, 2.24) is 0 Å². The van der Waals surface area contributed by atoms with Crippen LogP contribution in [0.2, 0.25) is 0 Å². The largest absolute Gasteiger partial charge is 0.495 e. The van der Waals surface area contributed by atoms with Gasteiger partial charge in [-0.05, 0) is 74.9 Å². The summed E-state index contributed by atoms with van der Waals surface area (Å²) in [7, 11) is 3.03. The molecule has 2 saturated carbocycles. The fraction of sp³-hybridized carbons (Fsp3) is 0.529. The number of hydrogen-bond donors (Lipinski definition) is 2. The molecule has 2 aromatic carbocycles. The third-order valence-electron chi connectivity index (χ3n) is 12.1.